The molecule has 0 spiro atoms. The molecule has 1 aliphatic carbocycles. The van der Waals surface area contributed by atoms with E-state index in [4.69, 9.17) is 11.6 Å². The predicted octanol–water partition coefficient (Wildman–Crippen LogP) is 4.03. The van der Waals surface area contributed by atoms with E-state index in [2.05, 4.69) is 10.6 Å². The van der Waals surface area contributed by atoms with Crippen molar-refractivity contribution in [3.8, 4) is 0 Å². The second-order valence-electron chi connectivity index (χ2n) is 5.64. The summed E-state index contributed by atoms with van der Waals surface area (Å²) < 4.78 is 0. The summed E-state index contributed by atoms with van der Waals surface area (Å²) in [5, 5.41) is 9.07. The third kappa shape index (κ3) is 5.50. The molecule has 3 rings (SSSR count). The average molecular weight is 371 g/mol. The normalized spacial score (nSPS) is 14.8. The average Bonchev–Trinajstić information content (AvgIpc) is 3.17. The molecule has 1 heterocycles. The minimum Gasteiger partial charge on any atom is -0.343 e. The third-order valence-electron chi connectivity index (χ3n) is 3.75. The first-order valence-electron chi connectivity index (χ1n) is 7.51. The van der Waals surface area contributed by atoms with Crippen molar-refractivity contribution in [2.75, 3.05) is 13.1 Å². The summed E-state index contributed by atoms with van der Waals surface area (Å²) in [6.45, 7) is 1.31. The zero-order chi connectivity index (χ0) is 15.4. The highest BCUT2D eigenvalue weighted by molar-refractivity contribution is 7.10. The Labute approximate surface area is 151 Å². The van der Waals surface area contributed by atoms with E-state index in [-0.39, 0.29) is 24.4 Å². The molecule has 1 unspecified atom stereocenters. The van der Waals surface area contributed by atoms with Gasteiger partial charge in [-0.3, -0.25) is 4.79 Å². The Kier molecular flexibility index (Phi) is 6.90. The van der Waals surface area contributed by atoms with Crippen LogP contribution in [0.1, 0.15) is 29.3 Å². The number of halogens is 2. The van der Waals surface area contributed by atoms with Gasteiger partial charge < -0.3 is 10.6 Å². The van der Waals surface area contributed by atoms with Crippen LogP contribution in [0, 0.1) is 5.92 Å². The van der Waals surface area contributed by atoms with Crippen LogP contribution in [0.25, 0.3) is 0 Å². The van der Waals surface area contributed by atoms with Gasteiger partial charge in [-0.15, -0.1) is 23.7 Å². The van der Waals surface area contributed by atoms with E-state index in [0.717, 1.165) is 22.9 Å². The Balaban J connectivity index is 0.00000192. The minimum atomic E-state index is -0.118. The maximum absolute atomic E-state index is 12.2. The van der Waals surface area contributed by atoms with Crippen LogP contribution in [-0.4, -0.2) is 19.0 Å². The first-order chi connectivity index (χ1) is 10.7. The summed E-state index contributed by atoms with van der Waals surface area (Å²) in [4.78, 5) is 13.3. The van der Waals surface area contributed by atoms with Gasteiger partial charge in [-0.05, 0) is 54.4 Å². The molecule has 0 saturated heterocycles. The molecule has 2 aromatic rings. The van der Waals surface area contributed by atoms with Gasteiger partial charge in [0.05, 0.1) is 12.6 Å². The molecule has 124 valence electrons. The molecule has 1 fully saturated rings. The van der Waals surface area contributed by atoms with Crippen LogP contribution >= 0.6 is 35.3 Å². The van der Waals surface area contributed by atoms with Crippen LogP contribution in [0.4, 0.5) is 0 Å². The molecule has 0 aliphatic heterocycles. The van der Waals surface area contributed by atoms with Crippen LogP contribution in [0.5, 0.6) is 0 Å². The fraction of sp³-hybridized carbons (Fsp3) is 0.353. The molecule has 3 nitrogen and oxygen atoms in total. The summed E-state index contributed by atoms with van der Waals surface area (Å²) in [5.41, 5.74) is 1.04. The number of carbonyl (C=O) groups excluding carboxylic acids is 1. The van der Waals surface area contributed by atoms with Gasteiger partial charge in [0.15, 0.2) is 0 Å². The molecule has 1 atom stereocenters. The number of amides is 1. The number of hydrogen-bond donors (Lipinski definition) is 2. The van der Waals surface area contributed by atoms with Crippen molar-refractivity contribution in [1.82, 2.24) is 10.6 Å². The van der Waals surface area contributed by atoms with Crippen LogP contribution in [-0.2, 0) is 4.79 Å². The SMILES string of the molecule is Cl.O=C(CNCC1CC1)NC(c1ccc(Cl)cc1)c1cccs1. The zero-order valence-electron chi connectivity index (χ0n) is 12.6. The first kappa shape index (κ1) is 18.3. The zero-order valence-corrected chi connectivity index (χ0v) is 15.0. The largest absolute Gasteiger partial charge is 0.343 e. The van der Waals surface area contributed by atoms with Crippen molar-refractivity contribution in [2.45, 2.75) is 18.9 Å². The Bertz CT molecular complexity index is 612. The van der Waals surface area contributed by atoms with Gasteiger partial charge in [-0.2, -0.15) is 0 Å². The highest BCUT2D eigenvalue weighted by Gasteiger charge is 2.21. The maximum atomic E-state index is 12.2. The second-order valence-corrected chi connectivity index (χ2v) is 7.06. The maximum Gasteiger partial charge on any atom is 0.234 e. The number of carbonyl (C=O) groups is 1. The standard InChI is InChI=1S/C17H19ClN2OS.ClH/c18-14-7-5-13(6-8-14)17(15-2-1-9-22-15)20-16(21)11-19-10-12-3-4-12;/h1-2,5-9,12,17,19H,3-4,10-11H2,(H,20,21);1H. The van der Waals surface area contributed by atoms with Crippen LogP contribution < -0.4 is 10.6 Å². The quantitative estimate of drug-likeness (QED) is 0.772. The van der Waals surface area contributed by atoms with Crippen molar-refractivity contribution in [3.63, 3.8) is 0 Å². The number of rotatable bonds is 7. The lowest BCUT2D eigenvalue weighted by Crippen LogP contribution is -2.37. The first-order valence-corrected chi connectivity index (χ1v) is 8.77. The third-order valence-corrected chi connectivity index (χ3v) is 4.94. The molecule has 0 bridgehead atoms. The van der Waals surface area contributed by atoms with Gasteiger partial charge in [0.25, 0.3) is 0 Å². The molecule has 1 amide bonds. The minimum absolute atomic E-state index is 0. The molecular formula is C17H20Cl2N2OS. The fourth-order valence-corrected chi connectivity index (χ4v) is 3.28. The molecule has 6 heteroatoms. The summed E-state index contributed by atoms with van der Waals surface area (Å²) in [5.74, 6) is 0.797. The fourth-order valence-electron chi connectivity index (χ4n) is 2.35. The summed E-state index contributed by atoms with van der Waals surface area (Å²) in [7, 11) is 0. The van der Waals surface area contributed by atoms with Gasteiger partial charge in [0.1, 0.15) is 0 Å². The lowest BCUT2D eigenvalue weighted by Gasteiger charge is -2.18. The molecule has 1 saturated carbocycles. The molecule has 0 radical (unpaired) electrons. The van der Waals surface area contributed by atoms with E-state index in [9.17, 15) is 4.79 Å². The number of nitrogens with one attached hydrogen (secondary N) is 2. The molecular weight excluding hydrogens is 351 g/mol. The van der Waals surface area contributed by atoms with Crippen LogP contribution in [0.3, 0.4) is 0 Å². The topological polar surface area (TPSA) is 41.1 Å². The van der Waals surface area contributed by atoms with Gasteiger partial charge in [0, 0.05) is 9.90 Å². The predicted molar refractivity (Wildman–Crippen MR) is 98.6 cm³/mol. The van der Waals surface area contributed by atoms with Crippen molar-refractivity contribution in [2.24, 2.45) is 5.92 Å². The Morgan fingerprint density at radius 3 is 2.61 bits per heavy atom. The lowest BCUT2D eigenvalue weighted by atomic mass is 10.1. The van der Waals surface area contributed by atoms with Gasteiger partial charge in [0.2, 0.25) is 5.91 Å². The molecule has 2 N–H and O–H groups in total. The van der Waals surface area contributed by atoms with Crippen molar-refractivity contribution < 1.29 is 4.79 Å². The van der Waals surface area contributed by atoms with E-state index in [1.54, 1.807) is 11.3 Å². The number of thiophene rings is 1. The van der Waals surface area contributed by atoms with Crippen LogP contribution in [0.2, 0.25) is 5.02 Å². The van der Waals surface area contributed by atoms with E-state index < -0.39 is 0 Å². The molecule has 1 aliphatic rings. The number of benzene rings is 1. The summed E-state index contributed by atoms with van der Waals surface area (Å²) >= 11 is 7.60. The highest BCUT2D eigenvalue weighted by atomic mass is 35.5. The van der Waals surface area contributed by atoms with E-state index in [1.807, 2.05) is 41.8 Å². The lowest BCUT2D eigenvalue weighted by molar-refractivity contribution is -0.120. The Hall–Kier alpha value is -1.07. The van der Waals surface area contributed by atoms with Gasteiger partial charge in [-0.1, -0.05) is 29.8 Å². The van der Waals surface area contributed by atoms with E-state index in [0.29, 0.717) is 11.6 Å². The summed E-state index contributed by atoms with van der Waals surface area (Å²) in [6, 6.07) is 11.6. The second kappa shape index (κ2) is 8.69. The Morgan fingerprint density at radius 1 is 1.26 bits per heavy atom. The Morgan fingerprint density at radius 2 is 2.00 bits per heavy atom. The van der Waals surface area contributed by atoms with Crippen molar-refractivity contribution in [1.29, 1.82) is 0 Å². The van der Waals surface area contributed by atoms with Crippen LogP contribution in [0.15, 0.2) is 41.8 Å². The molecule has 1 aromatic heterocycles. The van der Waals surface area contributed by atoms with Gasteiger partial charge >= 0.3 is 0 Å². The molecule has 23 heavy (non-hydrogen) atoms. The van der Waals surface area contributed by atoms with Crippen molar-refractivity contribution in [3.05, 3.63) is 57.2 Å². The van der Waals surface area contributed by atoms with Crippen molar-refractivity contribution >= 4 is 41.3 Å². The van der Waals surface area contributed by atoms with Gasteiger partial charge in [-0.25, -0.2) is 0 Å². The number of hydrogen-bond acceptors (Lipinski definition) is 3. The summed E-state index contributed by atoms with van der Waals surface area (Å²) in [6.07, 6.45) is 2.58. The monoisotopic (exact) mass is 370 g/mol. The smallest absolute Gasteiger partial charge is 0.234 e. The van der Waals surface area contributed by atoms with E-state index in [1.165, 1.54) is 12.8 Å². The molecule has 1 aromatic carbocycles. The van der Waals surface area contributed by atoms with E-state index >= 15 is 0 Å². The highest BCUT2D eigenvalue weighted by Crippen LogP contribution is 2.28.